The summed E-state index contributed by atoms with van der Waals surface area (Å²) in [6, 6.07) is 8.64. The molecule has 0 N–H and O–H groups in total. The zero-order chi connectivity index (χ0) is 27.8. The summed E-state index contributed by atoms with van der Waals surface area (Å²) in [5.74, 6) is -0.122. The van der Waals surface area contributed by atoms with Crippen molar-refractivity contribution in [1.82, 2.24) is 14.7 Å². The molecule has 1 aliphatic heterocycles. The number of piperazine rings is 1. The fourth-order valence-electron chi connectivity index (χ4n) is 4.11. The normalized spacial score (nSPS) is 14.7. The van der Waals surface area contributed by atoms with Crippen LogP contribution >= 0.6 is 23.2 Å². The molecule has 0 unspecified atom stereocenters. The highest BCUT2D eigenvalue weighted by Gasteiger charge is 2.41. The summed E-state index contributed by atoms with van der Waals surface area (Å²) in [6.07, 6.45) is -9.57. The molecule has 1 fully saturated rings. The van der Waals surface area contributed by atoms with Crippen LogP contribution < -0.4 is 9.64 Å². The summed E-state index contributed by atoms with van der Waals surface area (Å²) in [4.78, 5) is 16.3. The maximum absolute atomic E-state index is 13.8. The smallest absolute Gasteiger partial charge is 0.434 e. The molecule has 204 valence electrons. The molecule has 1 aromatic heterocycles. The van der Waals surface area contributed by atoms with E-state index >= 15 is 0 Å². The fourth-order valence-corrected chi connectivity index (χ4v) is 4.66. The Morgan fingerprint density at radius 2 is 1.58 bits per heavy atom. The summed E-state index contributed by atoms with van der Waals surface area (Å²) in [5, 5.41) is 3.51. The van der Waals surface area contributed by atoms with E-state index in [0.717, 1.165) is 30.0 Å². The van der Waals surface area contributed by atoms with E-state index in [2.05, 4.69) is 5.10 Å². The van der Waals surface area contributed by atoms with E-state index < -0.39 is 41.1 Å². The third-order valence-electron chi connectivity index (χ3n) is 6.07. The van der Waals surface area contributed by atoms with Gasteiger partial charge in [-0.2, -0.15) is 31.4 Å². The molecule has 0 saturated carbocycles. The lowest BCUT2D eigenvalue weighted by Gasteiger charge is -2.36. The van der Waals surface area contributed by atoms with E-state index in [-0.39, 0.29) is 24.3 Å². The standard InChI is InChI=1S/C24H20Cl2F6N4O2/c1-38-18-12-16(6-7-17(18)25)34-8-10-35(11-9-34)19(37)13-36-22(24(30,31)32)20(26)21(33-36)14-2-4-15(5-3-14)23(27,28)29/h2-7,12H,8-11,13H2,1H3. The molecule has 6 nitrogen and oxygen atoms in total. The minimum atomic E-state index is -4.96. The molecule has 2 heterocycles. The average Bonchev–Trinajstić information content (AvgIpc) is 3.20. The first-order valence-corrected chi connectivity index (χ1v) is 11.9. The van der Waals surface area contributed by atoms with Gasteiger partial charge in [-0.25, -0.2) is 4.68 Å². The minimum Gasteiger partial charge on any atom is -0.495 e. The monoisotopic (exact) mass is 580 g/mol. The maximum Gasteiger partial charge on any atom is 0.434 e. The van der Waals surface area contributed by atoms with Gasteiger partial charge in [0.2, 0.25) is 5.91 Å². The van der Waals surface area contributed by atoms with Crippen molar-refractivity contribution >= 4 is 34.8 Å². The van der Waals surface area contributed by atoms with Gasteiger partial charge in [-0.15, -0.1) is 0 Å². The topological polar surface area (TPSA) is 50.6 Å². The first-order valence-electron chi connectivity index (χ1n) is 11.2. The number of benzene rings is 2. The number of nitrogens with zero attached hydrogens (tertiary/aromatic N) is 4. The van der Waals surface area contributed by atoms with Gasteiger partial charge in [0, 0.05) is 43.5 Å². The van der Waals surface area contributed by atoms with E-state index in [9.17, 15) is 31.1 Å². The molecule has 0 atom stereocenters. The number of carbonyl (C=O) groups is 1. The summed E-state index contributed by atoms with van der Waals surface area (Å²) in [7, 11) is 1.49. The second kappa shape index (κ2) is 10.6. The van der Waals surface area contributed by atoms with Crippen molar-refractivity contribution in [2.75, 3.05) is 38.2 Å². The summed E-state index contributed by atoms with van der Waals surface area (Å²) in [5.41, 5.74) is -1.93. The number of halogens is 8. The fraction of sp³-hybridized carbons (Fsp3) is 0.333. The Bertz CT molecular complexity index is 1320. The number of amides is 1. The molecule has 4 rings (SSSR count). The van der Waals surface area contributed by atoms with Gasteiger partial charge < -0.3 is 14.5 Å². The predicted molar refractivity (Wildman–Crippen MR) is 129 cm³/mol. The number of anilines is 1. The van der Waals surface area contributed by atoms with Gasteiger partial charge in [0.1, 0.15) is 18.0 Å². The number of carbonyl (C=O) groups excluding carboxylic acids is 1. The number of methoxy groups -OCH3 is 1. The second-order valence-electron chi connectivity index (χ2n) is 8.43. The number of rotatable bonds is 5. The Kier molecular flexibility index (Phi) is 7.76. The number of hydrogen-bond acceptors (Lipinski definition) is 4. The SMILES string of the molecule is COc1cc(N2CCN(C(=O)Cn3nc(-c4ccc(C(F)(F)F)cc4)c(Cl)c3C(F)(F)F)CC2)ccc1Cl. The zero-order valence-electron chi connectivity index (χ0n) is 19.7. The van der Waals surface area contributed by atoms with Crippen LogP contribution in [0.2, 0.25) is 10.0 Å². The summed E-state index contributed by atoms with van der Waals surface area (Å²) >= 11 is 12.1. The van der Waals surface area contributed by atoms with Crippen molar-refractivity contribution in [2.45, 2.75) is 18.9 Å². The molecule has 1 saturated heterocycles. The lowest BCUT2D eigenvalue weighted by molar-refractivity contribution is -0.145. The third-order valence-corrected chi connectivity index (χ3v) is 6.74. The maximum atomic E-state index is 13.8. The van der Waals surface area contributed by atoms with Crippen LogP contribution in [0.3, 0.4) is 0 Å². The molecule has 0 spiro atoms. The molecule has 1 amide bonds. The van der Waals surface area contributed by atoms with Crippen LogP contribution in [0.1, 0.15) is 11.3 Å². The van der Waals surface area contributed by atoms with Crippen molar-refractivity contribution in [2.24, 2.45) is 0 Å². The van der Waals surface area contributed by atoms with Gasteiger partial charge >= 0.3 is 12.4 Å². The third kappa shape index (κ3) is 5.80. The molecule has 14 heteroatoms. The van der Waals surface area contributed by atoms with Gasteiger partial charge in [-0.05, 0) is 24.3 Å². The molecular weight excluding hydrogens is 561 g/mol. The van der Waals surface area contributed by atoms with E-state index in [0.29, 0.717) is 28.5 Å². The molecule has 0 aliphatic carbocycles. The highest BCUT2D eigenvalue weighted by molar-refractivity contribution is 6.34. The summed E-state index contributed by atoms with van der Waals surface area (Å²) < 4.78 is 85.8. The average molecular weight is 581 g/mol. The van der Waals surface area contributed by atoms with Crippen LogP contribution in [0, 0.1) is 0 Å². The Balaban J connectivity index is 1.51. The lowest BCUT2D eigenvalue weighted by atomic mass is 10.1. The number of hydrogen-bond donors (Lipinski definition) is 0. The first-order chi connectivity index (χ1) is 17.8. The zero-order valence-corrected chi connectivity index (χ0v) is 21.2. The highest BCUT2D eigenvalue weighted by Crippen LogP contribution is 2.40. The number of alkyl halides is 6. The minimum absolute atomic E-state index is 0.0493. The lowest BCUT2D eigenvalue weighted by Crippen LogP contribution is -2.49. The molecule has 38 heavy (non-hydrogen) atoms. The van der Waals surface area contributed by atoms with Crippen molar-refractivity contribution < 1.29 is 35.9 Å². The Labute approximate surface area is 223 Å². The van der Waals surface area contributed by atoms with Gasteiger partial charge in [-0.1, -0.05) is 35.3 Å². The van der Waals surface area contributed by atoms with Crippen LogP contribution in [0.15, 0.2) is 42.5 Å². The second-order valence-corrected chi connectivity index (χ2v) is 9.21. The molecule has 0 radical (unpaired) electrons. The van der Waals surface area contributed by atoms with Crippen LogP contribution in [0.5, 0.6) is 5.75 Å². The summed E-state index contributed by atoms with van der Waals surface area (Å²) in [6.45, 7) is 0.570. The highest BCUT2D eigenvalue weighted by atomic mass is 35.5. The van der Waals surface area contributed by atoms with E-state index in [1.807, 2.05) is 4.90 Å². The van der Waals surface area contributed by atoms with Crippen LogP contribution in [0.25, 0.3) is 11.3 Å². The number of aromatic nitrogens is 2. The van der Waals surface area contributed by atoms with E-state index in [4.69, 9.17) is 27.9 Å². The Hall–Kier alpha value is -3.12. The molecular formula is C24H20Cl2F6N4O2. The molecule has 1 aliphatic rings. The number of ether oxygens (including phenoxy) is 1. The predicted octanol–water partition coefficient (Wildman–Crippen LogP) is 6.25. The van der Waals surface area contributed by atoms with Crippen LogP contribution in [-0.4, -0.2) is 53.9 Å². The first kappa shape index (κ1) is 27.9. The van der Waals surface area contributed by atoms with Crippen LogP contribution in [-0.2, 0) is 23.7 Å². The van der Waals surface area contributed by atoms with Gasteiger partial charge in [0.15, 0.2) is 5.69 Å². The van der Waals surface area contributed by atoms with Crippen molar-refractivity contribution in [3.05, 3.63) is 63.8 Å². The van der Waals surface area contributed by atoms with Crippen LogP contribution in [0.4, 0.5) is 32.0 Å². The van der Waals surface area contributed by atoms with E-state index in [1.54, 1.807) is 18.2 Å². The quantitative estimate of drug-likeness (QED) is 0.335. The largest absolute Gasteiger partial charge is 0.495 e. The van der Waals surface area contributed by atoms with Crippen molar-refractivity contribution in [3.8, 4) is 17.0 Å². The van der Waals surface area contributed by atoms with Gasteiger partial charge in [0.05, 0.1) is 22.7 Å². The molecule has 2 aromatic carbocycles. The Morgan fingerprint density at radius 1 is 0.947 bits per heavy atom. The Morgan fingerprint density at radius 3 is 2.13 bits per heavy atom. The van der Waals surface area contributed by atoms with Gasteiger partial charge in [0.25, 0.3) is 0 Å². The van der Waals surface area contributed by atoms with Crippen molar-refractivity contribution in [3.63, 3.8) is 0 Å². The molecule has 0 bridgehead atoms. The molecule has 3 aromatic rings. The van der Waals surface area contributed by atoms with E-state index in [1.165, 1.54) is 12.0 Å². The van der Waals surface area contributed by atoms with Gasteiger partial charge in [-0.3, -0.25) is 4.79 Å². The van der Waals surface area contributed by atoms with Crippen molar-refractivity contribution in [1.29, 1.82) is 0 Å².